The Morgan fingerprint density at radius 1 is 1.47 bits per heavy atom. The molecule has 1 nitrogen and oxygen atoms in total. The topological polar surface area (TPSA) is 17.1 Å². The normalized spacial score (nSPS) is 14.7. The van der Waals surface area contributed by atoms with E-state index in [1.807, 2.05) is 26.8 Å². The van der Waals surface area contributed by atoms with Gasteiger partial charge in [-0.1, -0.05) is 32.9 Å². The van der Waals surface area contributed by atoms with Crippen LogP contribution in [0.2, 0.25) is 0 Å². The second-order valence-corrected chi connectivity index (χ2v) is 5.58. The van der Waals surface area contributed by atoms with Crippen LogP contribution in [0, 0.1) is 17.2 Å². The van der Waals surface area contributed by atoms with Crippen molar-refractivity contribution in [1.82, 2.24) is 0 Å². The van der Waals surface area contributed by atoms with Gasteiger partial charge >= 0.3 is 0 Å². The summed E-state index contributed by atoms with van der Waals surface area (Å²) in [6, 6.07) is 6.32. The van der Waals surface area contributed by atoms with Gasteiger partial charge in [0.2, 0.25) is 5.24 Å². The predicted molar refractivity (Wildman–Crippen MR) is 68.5 cm³/mol. The lowest BCUT2D eigenvalue weighted by molar-refractivity contribution is -0.120. The molecule has 3 heteroatoms. The molecule has 0 aliphatic carbocycles. The third-order valence-corrected chi connectivity index (χ3v) is 3.27. The summed E-state index contributed by atoms with van der Waals surface area (Å²) in [5.74, 6) is 0.0904. The van der Waals surface area contributed by atoms with E-state index in [0.717, 1.165) is 5.56 Å². The molecule has 0 N–H and O–H groups in total. The van der Waals surface area contributed by atoms with Crippen molar-refractivity contribution in [3.05, 3.63) is 35.6 Å². The van der Waals surface area contributed by atoms with Crippen LogP contribution in [0.1, 0.15) is 32.8 Å². The Kier molecular flexibility index (Phi) is 4.70. The standard InChI is InChI=1S/C14H18ClFO/c1-10(2)8-14(3,13(15)17)9-11-5-4-6-12(16)7-11/h4-7,10H,8-9H2,1-3H3. The molecular formula is C14H18ClFO. The highest BCUT2D eigenvalue weighted by molar-refractivity contribution is 6.64. The molecule has 1 rings (SSSR count). The van der Waals surface area contributed by atoms with Crippen LogP contribution in [-0.4, -0.2) is 5.24 Å². The molecule has 0 spiro atoms. The highest BCUT2D eigenvalue weighted by Crippen LogP contribution is 2.33. The highest BCUT2D eigenvalue weighted by Gasteiger charge is 2.32. The van der Waals surface area contributed by atoms with Gasteiger partial charge in [0.05, 0.1) is 0 Å². The quantitative estimate of drug-likeness (QED) is 0.722. The van der Waals surface area contributed by atoms with Gasteiger partial charge in [0.15, 0.2) is 0 Å². The summed E-state index contributed by atoms with van der Waals surface area (Å²) in [5.41, 5.74) is 0.186. The third-order valence-electron chi connectivity index (χ3n) is 2.82. The number of hydrogen-bond acceptors (Lipinski definition) is 1. The molecular weight excluding hydrogens is 239 g/mol. The van der Waals surface area contributed by atoms with Gasteiger partial charge in [0, 0.05) is 5.41 Å². The molecule has 1 atom stereocenters. The molecule has 0 aromatic heterocycles. The van der Waals surface area contributed by atoms with Crippen LogP contribution in [0.25, 0.3) is 0 Å². The molecule has 0 heterocycles. The van der Waals surface area contributed by atoms with Crippen molar-refractivity contribution in [2.24, 2.45) is 11.3 Å². The molecule has 1 aromatic rings. The van der Waals surface area contributed by atoms with E-state index >= 15 is 0 Å². The Balaban J connectivity index is 2.90. The maximum atomic E-state index is 13.1. The fourth-order valence-corrected chi connectivity index (χ4v) is 2.36. The van der Waals surface area contributed by atoms with E-state index in [9.17, 15) is 9.18 Å². The third kappa shape index (κ3) is 4.12. The summed E-state index contributed by atoms with van der Waals surface area (Å²) in [4.78, 5) is 11.6. The maximum absolute atomic E-state index is 13.1. The van der Waals surface area contributed by atoms with Gasteiger partial charge in [-0.3, -0.25) is 4.79 Å². The van der Waals surface area contributed by atoms with Gasteiger partial charge in [-0.2, -0.15) is 0 Å². The van der Waals surface area contributed by atoms with Crippen molar-refractivity contribution in [1.29, 1.82) is 0 Å². The van der Waals surface area contributed by atoms with Crippen LogP contribution in [0.3, 0.4) is 0 Å². The van der Waals surface area contributed by atoms with Crippen molar-refractivity contribution in [3.63, 3.8) is 0 Å². The van der Waals surface area contributed by atoms with E-state index in [2.05, 4.69) is 0 Å². The average molecular weight is 257 g/mol. The van der Waals surface area contributed by atoms with Gasteiger partial charge in [-0.25, -0.2) is 4.39 Å². The van der Waals surface area contributed by atoms with Crippen molar-refractivity contribution in [3.8, 4) is 0 Å². The summed E-state index contributed by atoms with van der Waals surface area (Å²) < 4.78 is 13.1. The monoisotopic (exact) mass is 256 g/mol. The zero-order valence-corrected chi connectivity index (χ0v) is 11.2. The van der Waals surface area contributed by atoms with Crippen LogP contribution in [0.15, 0.2) is 24.3 Å². The van der Waals surface area contributed by atoms with Crippen LogP contribution in [0.4, 0.5) is 4.39 Å². The van der Waals surface area contributed by atoms with Gasteiger partial charge in [0.25, 0.3) is 0 Å². The van der Waals surface area contributed by atoms with E-state index in [1.165, 1.54) is 12.1 Å². The largest absolute Gasteiger partial charge is 0.281 e. The molecule has 1 aromatic carbocycles. The number of carbonyl (C=O) groups is 1. The first kappa shape index (κ1) is 14.2. The molecule has 0 saturated carbocycles. The molecule has 94 valence electrons. The molecule has 0 fully saturated rings. The van der Waals surface area contributed by atoms with Crippen molar-refractivity contribution in [2.75, 3.05) is 0 Å². The number of hydrogen-bond donors (Lipinski definition) is 0. The second-order valence-electron chi connectivity index (χ2n) is 5.24. The Morgan fingerprint density at radius 3 is 2.59 bits per heavy atom. The Morgan fingerprint density at radius 2 is 2.12 bits per heavy atom. The highest BCUT2D eigenvalue weighted by atomic mass is 35.5. The van der Waals surface area contributed by atoms with Crippen LogP contribution < -0.4 is 0 Å². The SMILES string of the molecule is CC(C)CC(C)(Cc1cccc(F)c1)C(=O)Cl. The lowest BCUT2D eigenvalue weighted by Gasteiger charge is -2.27. The molecule has 0 radical (unpaired) electrons. The van der Waals surface area contributed by atoms with Crippen molar-refractivity contribution in [2.45, 2.75) is 33.6 Å². The van der Waals surface area contributed by atoms with Crippen LogP contribution in [0.5, 0.6) is 0 Å². The summed E-state index contributed by atoms with van der Waals surface area (Å²) in [7, 11) is 0. The van der Waals surface area contributed by atoms with Gasteiger partial charge in [-0.15, -0.1) is 0 Å². The number of benzene rings is 1. The lowest BCUT2D eigenvalue weighted by atomic mass is 9.78. The Hall–Kier alpha value is -0.890. The first-order chi connectivity index (χ1) is 7.83. The Labute approximate surface area is 107 Å². The lowest BCUT2D eigenvalue weighted by Crippen LogP contribution is -2.28. The minimum Gasteiger partial charge on any atom is -0.281 e. The summed E-state index contributed by atoms with van der Waals surface area (Å²) in [5, 5.41) is -0.351. The smallest absolute Gasteiger partial charge is 0.227 e. The zero-order valence-electron chi connectivity index (χ0n) is 10.5. The van der Waals surface area contributed by atoms with E-state index in [-0.39, 0.29) is 11.1 Å². The average Bonchev–Trinajstić information content (AvgIpc) is 2.15. The first-order valence-electron chi connectivity index (χ1n) is 5.78. The maximum Gasteiger partial charge on any atom is 0.227 e. The van der Waals surface area contributed by atoms with Crippen LogP contribution in [-0.2, 0) is 11.2 Å². The van der Waals surface area contributed by atoms with E-state index < -0.39 is 5.41 Å². The number of halogens is 2. The van der Waals surface area contributed by atoms with E-state index in [1.54, 1.807) is 6.07 Å². The number of rotatable bonds is 5. The molecule has 0 aliphatic heterocycles. The summed E-state index contributed by atoms with van der Waals surface area (Å²) >= 11 is 5.69. The first-order valence-corrected chi connectivity index (χ1v) is 6.16. The van der Waals surface area contributed by atoms with Crippen molar-refractivity contribution < 1.29 is 9.18 Å². The molecule has 0 aliphatic rings. The fourth-order valence-electron chi connectivity index (χ4n) is 2.22. The molecule has 1 unspecified atom stereocenters. The summed E-state index contributed by atoms with van der Waals surface area (Å²) in [6.45, 7) is 5.93. The molecule has 0 amide bonds. The molecule has 0 saturated heterocycles. The van der Waals surface area contributed by atoms with Gasteiger partial charge in [-0.05, 0) is 48.1 Å². The van der Waals surface area contributed by atoms with Gasteiger partial charge < -0.3 is 0 Å². The minimum atomic E-state index is -0.622. The Bertz CT molecular complexity index is 403. The van der Waals surface area contributed by atoms with Crippen LogP contribution >= 0.6 is 11.6 Å². The van der Waals surface area contributed by atoms with E-state index in [4.69, 9.17) is 11.6 Å². The fraction of sp³-hybridized carbons (Fsp3) is 0.500. The van der Waals surface area contributed by atoms with Crippen molar-refractivity contribution >= 4 is 16.8 Å². The zero-order chi connectivity index (χ0) is 13.1. The molecule has 0 bridgehead atoms. The molecule has 17 heavy (non-hydrogen) atoms. The van der Waals surface area contributed by atoms with Gasteiger partial charge in [0.1, 0.15) is 5.82 Å². The van der Waals surface area contributed by atoms with E-state index in [0.29, 0.717) is 18.8 Å². The summed E-state index contributed by atoms with van der Waals surface area (Å²) in [6.07, 6.45) is 1.18. The second kappa shape index (κ2) is 5.63. The number of carbonyl (C=O) groups excluding carboxylic acids is 1. The predicted octanol–water partition coefficient (Wildman–Crippen LogP) is 4.19. The minimum absolute atomic E-state index is 0.281.